The highest BCUT2D eigenvalue weighted by atomic mass is 16.2. The number of pyridine rings is 1. The minimum atomic E-state index is -0.240. The van der Waals surface area contributed by atoms with Gasteiger partial charge in [0.1, 0.15) is 23.5 Å². The Morgan fingerprint density at radius 2 is 2.14 bits per heavy atom. The predicted molar refractivity (Wildman–Crippen MR) is 81.6 cm³/mol. The summed E-state index contributed by atoms with van der Waals surface area (Å²) in [6.45, 7) is 5.72. The van der Waals surface area contributed by atoms with E-state index in [1.165, 1.54) is 6.33 Å². The quantitative estimate of drug-likeness (QED) is 0.796. The van der Waals surface area contributed by atoms with Gasteiger partial charge in [-0.1, -0.05) is 0 Å². The van der Waals surface area contributed by atoms with Crippen molar-refractivity contribution in [3.8, 4) is 0 Å². The summed E-state index contributed by atoms with van der Waals surface area (Å²) in [5.74, 6) is 0.528. The lowest BCUT2D eigenvalue weighted by molar-refractivity contribution is 0.0931. The van der Waals surface area contributed by atoms with Crippen molar-refractivity contribution in [1.29, 1.82) is 0 Å². The fourth-order valence-corrected chi connectivity index (χ4v) is 2.56. The number of aromatic nitrogens is 5. The van der Waals surface area contributed by atoms with Gasteiger partial charge < -0.3 is 5.32 Å². The first kappa shape index (κ1) is 14.2. The van der Waals surface area contributed by atoms with Crippen molar-refractivity contribution in [2.45, 2.75) is 26.8 Å². The number of nitrogens with zero attached hydrogens (tertiary/aromatic N) is 5. The number of carbonyl (C=O) groups is 1. The molecule has 114 valence electrons. The molecule has 1 N–H and O–H groups in total. The standard InChI is InChI=1S/C15H18N6O/c1-9-5-6-21-12(7-9)18-10(2)13(21)15(22)19-11(3)14-16-8-17-20(14)4/h5-8,11H,1-4H3,(H,19,22)/t11-/m0/s1. The summed E-state index contributed by atoms with van der Waals surface area (Å²) in [5.41, 5.74) is 3.13. The second kappa shape index (κ2) is 5.25. The van der Waals surface area contributed by atoms with Crippen molar-refractivity contribution in [2.24, 2.45) is 7.05 Å². The van der Waals surface area contributed by atoms with E-state index in [0.717, 1.165) is 11.2 Å². The third kappa shape index (κ3) is 2.34. The van der Waals surface area contributed by atoms with Gasteiger partial charge in [-0.15, -0.1) is 0 Å². The van der Waals surface area contributed by atoms with Gasteiger partial charge in [0.05, 0.1) is 11.7 Å². The maximum absolute atomic E-state index is 12.6. The van der Waals surface area contributed by atoms with Crippen LogP contribution in [0.15, 0.2) is 24.7 Å². The van der Waals surface area contributed by atoms with Crippen molar-refractivity contribution >= 4 is 11.6 Å². The van der Waals surface area contributed by atoms with E-state index in [2.05, 4.69) is 20.4 Å². The van der Waals surface area contributed by atoms with E-state index < -0.39 is 0 Å². The molecule has 1 amide bonds. The topological polar surface area (TPSA) is 77.1 Å². The van der Waals surface area contributed by atoms with Crippen molar-refractivity contribution in [2.75, 3.05) is 0 Å². The smallest absolute Gasteiger partial charge is 0.270 e. The van der Waals surface area contributed by atoms with Crippen LogP contribution in [-0.2, 0) is 7.05 Å². The molecule has 7 heteroatoms. The van der Waals surface area contributed by atoms with E-state index in [9.17, 15) is 4.79 Å². The summed E-state index contributed by atoms with van der Waals surface area (Å²) in [6, 6.07) is 3.67. The highest BCUT2D eigenvalue weighted by Gasteiger charge is 2.20. The van der Waals surface area contributed by atoms with Gasteiger partial charge in [-0.3, -0.25) is 13.9 Å². The fraction of sp³-hybridized carbons (Fsp3) is 0.333. The van der Waals surface area contributed by atoms with Crippen LogP contribution in [0.2, 0.25) is 0 Å². The normalized spacial score (nSPS) is 12.5. The number of fused-ring (bicyclic) bond motifs is 1. The molecule has 0 unspecified atom stereocenters. The molecule has 1 atom stereocenters. The number of carbonyl (C=O) groups excluding carboxylic acids is 1. The van der Waals surface area contributed by atoms with Crippen LogP contribution in [0.5, 0.6) is 0 Å². The van der Waals surface area contributed by atoms with Gasteiger partial charge in [0.2, 0.25) is 0 Å². The third-order valence-electron chi connectivity index (χ3n) is 3.65. The zero-order valence-corrected chi connectivity index (χ0v) is 13.0. The van der Waals surface area contributed by atoms with Crippen molar-refractivity contribution in [3.05, 3.63) is 47.4 Å². The van der Waals surface area contributed by atoms with Crippen LogP contribution >= 0.6 is 0 Å². The van der Waals surface area contributed by atoms with E-state index >= 15 is 0 Å². The van der Waals surface area contributed by atoms with Gasteiger partial charge in [-0.25, -0.2) is 9.97 Å². The second-order valence-corrected chi connectivity index (χ2v) is 5.42. The first-order chi connectivity index (χ1) is 10.5. The number of hydrogen-bond acceptors (Lipinski definition) is 4. The maximum atomic E-state index is 12.6. The number of amides is 1. The van der Waals surface area contributed by atoms with Crippen molar-refractivity contribution in [3.63, 3.8) is 0 Å². The first-order valence-corrected chi connectivity index (χ1v) is 7.07. The number of hydrogen-bond donors (Lipinski definition) is 1. The molecule has 3 aromatic rings. The Kier molecular flexibility index (Phi) is 3.40. The molecule has 0 saturated heterocycles. The molecule has 0 saturated carbocycles. The van der Waals surface area contributed by atoms with Crippen LogP contribution in [-0.4, -0.2) is 30.1 Å². The van der Waals surface area contributed by atoms with Gasteiger partial charge in [0, 0.05) is 13.2 Å². The molecular weight excluding hydrogens is 280 g/mol. The molecule has 0 radical (unpaired) electrons. The van der Waals surface area contributed by atoms with E-state index in [1.807, 2.05) is 39.1 Å². The van der Waals surface area contributed by atoms with Gasteiger partial charge >= 0.3 is 0 Å². The number of rotatable bonds is 3. The zero-order valence-electron chi connectivity index (χ0n) is 13.0. The fourth-order valence-electron chi connectivity index (χ4n) is 2.56. The Morgan fingerprint density at radius 3 is 2.82 bits per heavy atom. The molecule has 0 bridgehead atoms. The number of nitrogens with one attached hydrogen (secondary N) is 1. The minimum Gasteiger partial charge on any atom is -0.341 e. The Bertz CT molecular complexity index is 847. The maximum Gasteiger partial charge on any atom is 0.270 e. The van der Waals surface area contributed by atoms with Crippen LogP contribution in [0.25, 0.3) is 5.65 Å². The molecule has 3 rings (SSSR count). The van der Waals surface area contributed by atoms with Gasteiger partial charge in [0.25, 0.3) is 5.91 Å². The molecule has 3 heterocycles. The van der Waals surface area contributed by atoms with E-state index in [0.29, 0.717) is 17.2 Å². The molecule has 0 aliphatic heterocycles. The van der Waals surface area contributed by atoms with Crippen LogP contribution in [0, 0.1) is 13.8 Å². The van der Waals surface area contributed by atoms with Gasteiger partial charge in [0.15, 0.2) is 0 Å². The van der Waals surface area contributed by atoms with E-state index in [4.69, 9.17) is 0 Å². The lowest BCUT2D eigenvalue weighted by atomic mass is 10.2. The Hall–Kier alpha value is -2.70. The molecular formula is C15H18N6O. The molecule has 22 heavy (non-hydrogen) atoms. The Morgan fingerprint density at radius 1 is 1.36 bits per heavy atom. The molecule has 0 aliphatic rings. The molecule has 7 nitrogen and oxygen atoms in total. The van der Waals surface area contributed by atoms with Crippen LogP contribution in [0.1, 0.15) is 40.5 Å². The summed E-state index contributed by atoms with van der Waals surface area (Å²) in [5, 5.41) is 6.97. The summed E-state index contributed by atoms with van der Waals surface area (Å²) >= 11 is 0. The molecule has 0 fully saturated rings. The lowest BCUT2D eigenvalue weighted by Crippen LogP contribution is -2.30. The molecule has 3 aromatic heterocycles. The summed E-state index contributed by atoms with van der Waals surface area (Å²) < 4.78 is 3.46. The highest BCUT2D eigenvalue weighted by Crippen LogP contribution is 2.15. The highest BCUT2D eigenvalue weighted by molar-refractivity contribution is 5.94. The minimum absolute atomic E-state index is 0.177. The molecule has 0 aliphatic carbocycles. The third-order valence-corrected chi connectivity index (χ3v) is 3.65. The average Bonchev–Trinajstić information content (AvgIpc) is 3.00. The summed E-state index contributed by atoms with van der Waals surface area (Å²) in [7, 11) is 1.80. The van der Waals surface area contributed by atoms with Crippen LogP contribution < -0.4 is 5.32 Å². The monoisotopic (exact) mass is 298 g/mol. The summed E-state index contributed by atoms with van der Waals surface area (Å²) in [4.78, 5) is 21.2. The van der Waals surface area contributed by atoms with Gasteiger partial charge in [-0.2, -0.15) is 5.10 Å². The first-order valence-electron chi connectivity index (χ1n) is 7.07. The predicted octanol–water partition coefficient (Wildman–Crippen LogP) is 1.57. The molecule has 0 aromatic carbocycles. The number of imidazole rings is 1. The Labute approximate surface area is 128 Å². The number of aryl methyl sites for hydroxylation is 3. The van der Waals surface area contributed by atoms with E-state index in [-0.39, 0.29) is 11.9 Å². The van der Waals surface area contributed by atoms with Crippen LogP contribution in [0.4, 0.5) is 0 Å². The molecule has 0 spiro atoms. The van der Waals surface area contributed by atoms with Crippen LogP contribution in [0.3, 0.4) is 0 Å². The SMILES string of the molecule is Cc1ccn2c(C(=O)N[C@@H](C)c3ncnn3C)c(C)nc2c1. The largest absolute Gasteiger partial charge is 0.341 e. The van der Waals surface area contributed by atoms with Gasteiger partial charge in [-0.05, 0) is 38.5 Å². The van der Waals surface area contributed by atoms with E-state index in [1.54, 1.807) is 16.1 Å². The lowest BCUT2D eigenvalue weighted by Gasteiger charge is -2.13. The van der Waals surface area contributed by atoms with Crippen molar-refractivity contribution in [1.82, 2.24) is 29.5 Å². The second-order valence-electron chi connectivity index (χ2n) is 5.42. The average molecular weight is 298 g/mol. The Balaban J connectivity index is 1.92. The van der Waals surface area contributed by atoms with Crippen molar-refractivity contribution < 1.29 is 4.79 Å². The zero-order chi connectivity index (χ0) is 15.9. The summed E-state index contributed by atoms with van der Waals surface area (Å²) in [6.07, 6.45) is 3.34.